The van der Waals surface area contributed by atoms with Crippen molar-refractivity contribution in [2.45, 2.75) is 32.2 Å². The van der Waals surface area contributed by atoms with Gasteiger partial charge >= 0.3 is 0 Å². The lowest BCUT2D eigenvalue weighted by Crippen LogP contribution is -2.45. The van der Waals surface area contributed by atoms with Crippen LogP contribution >= 0.6 is 36.4 Å². The molecule has 0 aliphatic carbocycles. The lowest BCUT2D eigenvalue weighted by atomic mass is 9.98. The first-order valence-corrected chi connectivity index (χ1v) is 8.06. The van der Waals surface area contributed by atoms with E-state index in [-0.39, 0.29) is 30.6 Å². The van der Waals surface area contributed by atoms with Gasteiger partial charge in [-0.25, -0.2) is 0 Å². The Labute approximate surface area is 156 Å². The SMILES string of the molecule is CCCC[C@@H](c1cc(Cl)c(O)c(OC)c1)N1CCNCC1.Cl.Cl. The molecule has 1 aromatic carbocycles. The molecule has 2 rings (SSSR count). The van der Waals surface area contributed by atoms with Gasteiger partial charge in [0.25, 0.3) is 0 Å². The number of ether oxygens (including phenoxy) is 1. The normalized spacial score (nSPS) is 16.1. The Morgan fingerprint density at radius 3 is 2.52 bits per heavy atom. The summed E-state index contributed by atoms with van der Waals surface area (Å²) in [6.07, 6.45) is 3.45. The average Bonchev–Trinajstić information content (AvgIpc) is 2.52. The third kappa shape index (κ3) is 5.87. The molecular weight excluding hydrogens is 359 g/mol. The van der Waals surface area contributed by atoms with Crippen molar-refractivity contribution in [2.75, 3.05) is 33.3 Å². The fourth-order valence-corrected chi connectivity index (χ4v) is 3.11. The maximum absolute atomic E-state index is 9.91. The third-order valence-corrected chi connectivity index (χ3v) is 4.37. The molecule has 1 aromatic rings. The van der Waals surface area contributed by atoms with E-state index in [9.17, 15) is 5.11 Å². The molecule has 23 heavy (non-hydrogen) atoms. The van der Waals surface area contributed by atoms with Crippen LogP contribution in [0.1, 0.15) is 37.8 Å². The van der Waals surface area contributed by atoms with Gasteiger partial charge in [-0.2, -0.15) is 0 Å². The number of hydrogen-bond acceptors (Lipinski definition) is 4. The molecule has 1 saturated heterocycles. The highest BCUT2D eigenvalue weighted by molar-refractivity contribution is 6.32. The predicted molar refractivity (Wildman–Crippen MR) is 101 cm³/mol. The number of benzene rings is 1. The van der Waals surface area contributed by atoms with Crippen molar-refractivity contribution in [1.82, 2.24) is 10.2 Å². The maximum Gasteiger partial charge on any atom is 0.176 e. The van der Waals surface area contributed by atoms with Crippen molar-refractivity contribution in [2.24, 2.45) is 0 Å². The number of unbranched alkanes of at least 4 members (excludes halogenated alkanes) is 1. The first kappa shape index (κ1) is 22.6. The van der Waals surface area contributed by atoms with Gasteiger partial charge in [0.2, 0.25) is 0 Å². The second-order valence-corrected chi connectivity index (χ2v) is 5.90. The van der Waals surface area contributed by atoms with Crippen LogP contribution in [0.25, 0.3) is 0 Å². The summed E-state index contributed by atoms with van der Waals surface area (Å²) in [7, 11) is 1.56. The second-order valence-electron chi connectivity index (χ2n) is 5.50. The smallest absolute Gasteiger partial charge is 0.176 e. The zero-order valence-corrected chi connectivity index (χ0v) is 16.1. The summed E-state index contributed by atoms with van der Waals surface area (Å²) < 4.78 is 5.24. The summed E-state index contributed by atoms with van der Waals surface area (Å²) in [6, 6.07) is 4.13. The van der Waals surface area contributed by atoms with Gasteiger partial charge in [0.15, 0.2) is 11.5 Å². The van der Waals surface area contributed by atoms with Crippen LogP contribution in [0.2, 0.25) is 5.02 Å². The minimum absolute atomic E-state index is 0. The van der Waals surface area contributed by atoms with Gasteiger partial charge in [-0.15, -0.1) is 24.8 Å². The Morgan fingerprint density at radius 1 is 1.30 bits per heavy atom. The fraction of sp³-hybridized carbons (Fsp3) is 0.625. The maximum atomic E-state index is 9.91. The molecular formula is C16H27Cl3N2O2. The molecule has 134 valence electrons. The predicted octanol–water partition coefficient (Wildman–Crippen LogP) is 4.03. The number of halogens is 3. The van der Waals surface area contributed by atoms with Crippen LogP contribution in [0.5, 0.6) is 11.5 Å². The molecule has 0 radical (unpaired) electrons. The Hall–Kier alpha value is -0.390. The van der Waals surface area contributed by atoms with Crippen molar-refractivity contribution in [3.05, 3.63) is 22.7 Å². The summed E-state index contributed by atoms with van der Waals surface area (Å²) in [6.45, 7) is 6.32. The van der Waals surface area contributed by atoms with Crippen LogP contribution < -0.4 is 10.1 Å². The molecule has 0 bridgehead atoms. The van der Waals surface area contributed by atoms with E-state index in [2.05, 4.69) is 17.1 Å². The second kappa shape index (κ2) is 11.2. The number of nitrogens with one attached hydrogen (secondary N) is 1. The molecule has 1 atom stereocenters. The molecule has 0 aromatic heterocycles. The third-order valence-electron chi connectivity index (χ3n) is 4.08. The molecule has 4 nitrogen and oxygen atoms in total. The number of aromatic hydroxyl groups is 1. The van der Waals surface area contributed by atoms with E-state index in [1.807, 2.05) is 12.1 Å². The van der Waals surface area contributed by atoms with E-state index in [1.165, 1.54) is 12.8 Å². The van der Waals surface area contributed by atoms with Crippen molar-refractivity contribution in [3.8, 4) is 11.5 Å². The Kier molecular flexibility index (Phi) is 11.0. The molecule has 1 heterocycles. The van der Waals surface area contributed by atoms with Crippen LogP contribution in [0.15, 0.2) is 12.1 Å². The molecule has 1 fully saturated rings. The van der Waals surface area contributed by atoms with Gasteiger partial charge in [-0.1, -0.05) is 31.4 Å². The number of methoxy groups -OCH3 is 1. The van der Waals surface area contributed by atoms with Crippen LogP contribution in [-0.4, -0.2) is 43.3 Å². The minimum atomic E-state index is 0. The number of nitrogens with zero attached hydrogens (tertiary/aromatic N) is 1. The van der Waals surface area contributed by atoms with Crippen LogP contribution in [0.4, 0.5) is 0 Å². The Balaban J connectivity index is 0.00000242. The highest BCUT2D eigenvalue weighted by Crippen LogP contribution is 2.39. The number of hydrogen-bond donors (Lipinski definition) is 2. The first-order valence-electron chi connectivity index (χ1n) is 7.68. The summed E-state index contributed by atoms with van der Waals surface area (Å²) >= 11 is 6.15. The Bertz CT molecular complexity index is 469. The lowest BCUT2D eigenvalue weighted by molar-refractivity contribution is 0.163. The quantitative estimate of drug-likeness (QED) is 0.776. The van der Waals surface area contributed by atoms with Gasteiger partial charge in [0, 0.05) is 32.2 Å². The number of rotatable bonds is 6. The molecule has 0 spiro atoms. The monoisotopic (exact) mass is 384 g/mol. The van der Waals surface area contributed by atoms with E-state index in [0.29, 0.717) is 16.8 Å². The Morgan fingerprint density at radius 2 is 1.96 bits per heavy atom. The van der Waals surface area contributed by atoms with E-state index < -0.39 is 0 Å². The van der Waals surface area contributed by atoms with Gasteiger partial charge in [-0.05, 0) is 24.1 Å². The minimum Gasteiger partial charge on any atom is -0.503 e. The van der Waals surface area contributed by atoms with Gasteiger partial charge in [0.1, 0.15) is 0 Å². The van der Waals surface area contributed by atoms with E-state index in [0.717, 1.165) is 38.2 Å². The largest absolute Gasteiger partial charge is 0.503 e. The molecule has 0 saturated carbocycles. The molecule has 0 amide bonds. The van der Waals surface area contributed by atoms with Crippen molar-refractivity contribution >= 4 is 36.4 Å². The zero-order valence-electron chi connectivity index (χ0n) is 13.7. The molecule has 1 aliphatic rings. The fourth-order valence-electron chi connectivity index (χ4n) is 2.89. The van der Waals surface area contributed by atoms with E-state index in [4.69, 9.17) is 16.3 Å². The average molecular weight is 386 g/mol. The first-order chi connectivity index (χ1) is 10.2. The van der Waals surface area contributed by atoms with E-state index >= 15 is 0 Å². The molecule has 0 unspecified atom stereocenters. The summed E-state index contributed by atoms with van der Waals surface area (Å²) in [5, 5.41) is 13.7. The van der Waals surface area contributed by atoms with Crippen LogP contribution in [-0.2, 0) is 0 Å². The zero-order chi connectivity index (χ0) is 15.2. The highest BCUT2D eigenvalue weighted by atomic mass is 35.5. The van der Waals surface area contributed by atoms with E-state index in [1.54, 1.807) is 7.11 Å². The summed E-state index contributed by atoms with van der Waals surface area (Å²) in [4.78, 5) is 2.49. The number of phenols is 1. The molecule has 7 heteroatoms. The van der Waals surface area contributed by atoms with Gasteiger partial charge in [-0.3, -0.25) is 4.90 Å². The lowest BCUT2D eigenvalue weighted by Gasteiger charge is -2.35. The number of phenolic OH excluding ortho intramolecular Hbond substituents is 1. The number of piperazine rings is 1. The highest BCUT2D eigenvalue weighted by Gasteiger charge is 2.23. The van der Waals surface area contributed by atoms with Crippen LogP contribution in [0, 0.1) is 0 Å². The topological polar surface area (TPSA) is 44.7 Å². The standard InChI is InChI=1S/C16H25ClN2O2.2ClH/c1-3-4-5-14(19-8-6-18-7-9-19)12-10-13(17)16(20)15(11-12)21-2;;/h10-11,14,18,20H,3-9H2,1-2H3;2*1H/t14-;;/m0../s1. The molecule has 1 aliphatic heterocycles. The molecule has 2 N–H and O–H groups in total. The van der Waals surface area contributed by atoms with Crippen molar-refractivity contribution in [1.29, 1.82) is 0 Å². The summed E-state index contributed by atoms with van der Waals surface area (Å²) in [5.41, 5.74) is 1.13. The van der Waals surface area contributed by atoms with Crippen molar-refractivity contribution < 1.29 is 9.84 Å². The van der Waals surface area contributed by atoms with Gasteiger partial charge < -0.3 is 15.2 Å². The summed E-state index contributed by atoms with van der Waals surface area (Å²) in [5.74, 6) is 0.478. The van der Waals surface area contributed by atoms with Crippen LogP contribution in [0.3, 0.4) is 0 Å². The van der Waals surface area contributed by atoms with Crippen molar-refractivity contribution in [3.63, 3.8) is 0 Å². The van der Waals surface area contributed by atoms with Gasteiger partial charge in [0.05, 0.1) is 12.1 Å².